The summed E-state index contributed by atoms with van der Waals surface area (Å²) < 4.78 is 0. The van der Waals surface area contributed by atoms with E-state index in [1.807, 2.05) is 56.3 Å². The van der Waals surface area contributed by atoms with Crippen LogP contribution in [-0.4, -0.2) is 11.4 Å². The van der Waals surface area contributed by atoms with Gasteiger partial charge in [0, 0.05) is 23.0 Å². The SMILES string of the molecule is CC(C)(N)CCC(=O)Nc1cccc2ccccc12. The molecule has 2 rings (SSSR count). The van der Waals surface area contributed by atoms with Gasteiger partial charge in [0.25, 0.3) is 0 Å². The van der Waals surface area contributed by atoms with Crippen molar-refractivity contribution >= 4 is 22.4 Å². The first-order valence-electron chi connectivity index (χ1n) is 6.52. The molecule has 2 aromatic carbocycles. The van der Waals surface area contributed by atoms with Crippen molar-refractivity contribution in [3.8, 4) is 0 Å². The fourth-order valence-electron chi connectivity index (χ4n) is 1.98. The smallest absolute Gasteiger partial charge is 0.224 e. The van der Waals surface area contributed by atoms with Crippen molar-refractivity contribution < 1.29 is 4.79 Å². The molecule has 3 heteroatoms. The third-order valence-electron chi connectivity index (χ3n) is 3.06. The highest BCUT2D eigenvalue weighted by molar-refractivity contribution is 6.02. The second-order valence-corrected chi connectivity index (χ2v) is 5.56. The number of amides is 1. The first-order chi connectivity index (χ1) is 8.96. The van der Waals surface area contributed by atoms with Crippen LogP contribution in [0.15, 0.2) is 42.5 Å². The fourth-order valence-corrected chi connectivity index (χ4v) is 1.98. The van der Waals surface area contributed by atoms with E-state index in [0.717, 1.165) is 16.5 Å². The summed E-state index contributed by atoms with van der Waals surface area (Å²) in [5.41, 5.74) is 6.44. The van der Waals surface area contributed by atoms with Crippen LogP contribution in [0, 0.1) is 0 Å². The van der Waals surface area contributed by atoms with E-state index in [9.17, 15) is 4.79 Å². The van der Waals surface area contributed by atoms with Crippen molar-refractivity contribution in [1.82, 2.24) is 0 Å². The van der Waals surface area contributed by atoms with Gasteiger partial charge in [0.05, 0.1) is 0 Å². The van der Waals surface area contributed by atoms with Crippen molar-refractivity contribution in [2.75, 3.05) is 5.32 Å². The lowest BCUT2D eigenvalue weighted by Gasteiger charge is -2.17. The highest BCUT2D eigenvalue weighted by atomic mass is 16.1. The van der Waals surface area contributed by atoms with Gasteiger partial charge in [-0.05, 0) is 31.7 Å². The highest BCUT2D eigenvalue weighted by Crippen LogP contribution is 2.23. The summed E-state index contributed by atoms with van der Waals surface area (Å²) in [5.74, 6) is 0.00915. The second-order valence-electron chi connectivity index (χ2n) is 5.56. The Morgan fingerprint density at radius 1 is 1.16 bits per heavy atom. The third-order valence-corrected chi connectivity index (χ3v) is 3.06. The summed E-state index contributed by atoms with van der Waals surface area (Å²) in [4.78, 5) is 11.9. The van der Waals surface area contributed by atoms with Gasteiger partial charge in [-0.3, -0.25) is 4.79 Å². The van der Waals surface area contributed by atoms with Crippen LogP contribution in [0.25, 0.3) is 10.8 Å². The Morgan fingerprint density at radius 2 is 1.84 bits per heavy atom. The molecule has 0 saturated heterocycles. The first kappa shape index (κ1) is 13.6. The maximum atomic E-state index is 11.9. The second kappa shape index (κ2) is 5.41. The number of carbonyl (C=O) groups excluding carboxylic acids is 1. The Balaban J connectivity index is 2.11. The lowest BCUT2D eigenvalue weighted by Crippen LogP contribution is -2.33. The Hall–Kier alpha value is -1.87. The lowest BCUT2D eigenvalue weighted by atomic mass is 10.00. The van der Waals surface area contributed by atoms with Gasteiger partial charge >= 0.3 is 0 Å². The molecule has 0 aliphatic rings. The lowest BCUT2D eigenvalue weighted by molar-refractivity contribution is -0.116. The Labute approximate surface area is 113 Å². The van der Waals surface area contributed by atoms with E-state index in [4.69, 9.17) is 5.73 Å². The fraction of sp³-hybridized carbons (Fsp3) is 0.312. The predicted molar refractivity (Wildman–Crippen MR) is 80.1 cm³/mol. The van der Waals surface area contributed by atoms with E-state index in [0.29, 0.717) is 12.8 Å². The Bertz CT molecular complexity index is 579. The number of rotatable bonds is 4. The summed E-state index contributed by atoms with van der Waals surface area (Å²) in [5, 5.41) is 5.15. The zero-order valence-corrected chi connectivity index (χ0v) is 11.4. The van der Waals surface area contributed by atoms with E-state index < -0.39 is 0 Å². The highest BCUT2D eigenvalue weighted by Gasteiger charge is 2.13. The zero-order chi connectivity index (χ0) is 13.9. The molecule has 0 aromatic heterocycles. The van der Waals surface area contributed by atoms with Crippen molar-refractivity contribution in [2.45, 2.75) is 32.2 Å². The maximum absolute atomic E-state index is 11.9. The minimum atomic E-state index is -0.309. The van der Waals surface area contributed by atoms with Gasteiger partial charge in [-0.2, -0.15) is 0 Å². The number of fused-ring (bicyclic) bond motifs is 1. The number of anilines is 1. The number of benzene rings is 2. The molecule has 1 amide bonds. The van der Waals surface area contributed by atoms with Crippen LogP contribution in [-0.2, 0) is 4.79 Å². The predicted octanol–water partition coefficient (Wildman–Crippen LogP) is 3.30. The maximum Gasteiger partial charge on any atom is 0.224 e. The minimum absolute atomic E-state index is 0.00915. The van der Waals surface area contributed by atoms with Crippen molar-refractivity contribution in [3.05, 3.63) is 42.5 Å². The van der Waals surface area contributed by atoms with Crippen LogP contribution in [0.1, 0.15) is 26.7 Å². The van der Waals surface area contributed by atoms with E-state index in [1.165, 1.54) is 0 Å². The number of hydrogen-bond acceptors (Lipinski definition) is 2. The molecule has 0 bridgehead atoms. The van der Waals surface area contributed by atoms with Gasteiger partial charge in [-0.25, -0.2) is 0 Å². The summed E-state index contributed by atoms with van der Waals surface area (Å²) in [6.45, 7) is 3.86. The van der Waals surface area contributed by atoms with Gasteiger partial charge in [0.2, 0.25) is 5.91 Å². The zero-order valence-electron chi connectivity index (χ0n) is 11.4. The summed E-state index contributed by atoms with van der Waals surface area (Å²) in [7, 11) is 0. The van der Waals surface area contributed by atoms with E-state index >= 15 is 0 Å². The number of nitrogens with two attached hydrogens (primary N) is 1. The monoisotopic (exact) mass is 256 g/mol. The van der Waals surface area contributed by atoms with Gasteiger partial charge in [0.1, 0.15) is 0 Å². The molecule has 0 radical (unpaired) electrons. The molecule has 0 heterocycles. The number of hydrogen-bond donors (Lipinski definition) is 2. The molecule has 0 aliphatic carbocycles. The van der Waals surface area contributed by atoms with Crippen molar-refractivity contribution in [2.24, 2.45) is 5.73 Å². The summed E-state index contributed by atoms with van der Waals surface area (Å²) >= 11 is 0. The molecule has 0 unspecified atom stereocenters. The quantitative estimate of drug-likeness (QED) is 0.882. The largest absolute Gasteiger partial charge is 0.326 e. The van der Waals surface area contributed by atoms with Crippen LogP contribution < -0.4 is 11.1 Å². The molecule has 0 atom stereocenters. The Morgan fingerprint density at radius 3 is 2.58 bits per heavy atom. The van der Waals surface area contributed by atoms with Gasteiger partial charge in [-0.15, -0.1) is 0 Å². The van der Waals surface area contributed by atoms with Crippen LogP contribution in [0.3, 0.4) is 0 Å². The summed E-state index contributed by atoms with van der Waals surface area (Å²) in [6.07, 6.45) is 1.11. The minimum Gasteiger partial charge on any atom is -0.326 e. The molecular weight excluding hydrogens is 236 g/mol. The molecule has 100 valence electrons. The van der Waals surface area contributed by atoms with E-state index in [1.54, 1.807) is 0 Å². The molecule has 0 aliphatic heterocycles. The van der Waals surface area contributed by atoms with E-state index in [2.05, 4.69) is 5.32 Å². The van der Waals surface area contributed by atoms with Crippen LogP contribution >= 0.6 is 0 Å². The third kappa shape index (κ3) is 3.80. The van der Waals surface area contributed by atoms with Crippen molar-refractivity contribution in [3.63, 3.8) is 0 Å². The molecular formula is C16H20N2O. The molecule has 0 spiro atoms. The van der Waals surface area contributed by atoms with Crippen LogP contribution in [0.5, 0.6) is 0 Å². The summed E-state index contributed by atoms with van der Waals surface area (Å²) in [6, 6.07) is 13.9. The number of nitrogens with one attached hydrogen (secondary N) is 1. The molecule has 19 heavy (non-hydrogen) atoms. The molecule has 3 N–H and O–H groups in total. The topological polar surface area (TPSA) is 55.1 Å². The molecule has 2 aromatic rings. The van der Waals surface area contributed by atoms with Crippen LogP contribution in [0.2, 0.25) is 0 Å². The van der Waals surface area contributed by atoms with Gasteiger partial charge in [-0.1, -0.05) is 36.4 Å². The average Bonchev–Trinajstić information content (AvgIpc) is 2.36. The standard InChI is InChI=1S/C16H20N2O/c1-16(2,17)11-10-15(19)18-14-9-5-7-12-6-3-4-8-13(12)14/h3-9H,10-11,17H2,1-2H3,(H,18,19). The Kier molecular flexibility index (Phi) is 3.86. The molecule has 0 saturated carbocycles. The first-order valence-corrected chi connectivity index (χ1v) is 6.52. The van der Waals surface area contributed by atoms with Gasteiger partial charge < -0.3 is 11.1 Å². The average molecular weight is 256 g/mol. The number of carbonyl (C=O) groups is 1. The molecule has 0 fully saturated rings. The van der Waals surface area contributed by atoms with Crippen molar-refractivity contribution in [1.29, 1.82) is 0 Å². The van der Waals surface area contributed by atoms with E-state index in [-0.39, 0.29) is 11.4 Å². The molecule has 3 nitrogen and oxygen atoms in total. The van der Waals surface area contributed by atoms with Crippen LogP contribution in [0.4, 0.5) is 5.69 Å². The van der Waals surface area contributed by atoms with Gasteiger partial charge in [0.15, 0.2) is 0 Å². The normalized spacial score (nSPS) is 11.5.